The molecule has 7 heteroatoms. The average Bonchev–Trinajstić information content (AvgIpc) is 3.15. The first-order valence-corrected chi connectivity index (χ1v) is 13.5. The zero-order chi connectivity index (χ0) is 22.5. The van der Waals surface area contributed by atoms with E-state index in [1.807, 2.05) is 19.1 Å². The number of sulfone groups is 1. The molecule has 0 radical (unpaired) electrons. The first kappa shape index (κ1) is 21.0. The van der Waals surface area contributed by atoms with Crippen molar-refractivity contribution in [2.75, 3.05) is 0 Å². The highest BCUT2D eigenvalue weighted by Crippen LogP contribution is 2.44. The Labute approximate surface area is 188 Å². The van der Waals surface area contributed by atoms with Crippen LogP contribution in [0.1, 0.15) is 34.9 Å². The van der Waals surface area contributed by atoms with Gasteiger partial charge in [0.25, 0.3) is 10.0 Å². The highest BCUT2D eigenvalue weighted by atomic mass is 32.2. The van der Waals surface area contributed by atoms with Crippen molar-refractivity contribution < 1.29 is 16.8 Å². The first-order valence-electron chi connectivity index (χ1n) is 10.6. The molecule has 3 aromatic carbocycles. The SMILES string of the molecule is Cc1ccc(S(=O)(=O)n2c3c(c4ccccc42)CCCC3S(=O)(=O)c2ccccc2)cc1. The molecule has 1 aromatic heterocycles. The van der Waals surface area contributed by atoms with Crippen LogP contribution in [0.4, 0.5) is 0 Å². The number of rotatable bonds is 4. The molecule has 0 saturated heterocycles. The normalized spacial score (nSPS) is 16.7. The molecule has 164 valence electrons. The lowest BCUT2D eigenvalue weighted by Crippen LogP contribution is -2.25. The molecule has 0 spiro atoms. The van der Waals surface area contributed by atoms with E-state index in [0.29, 0.717) is 30.5 Å². The fraction of sp³-hybridized carbons (Fsp3) is 0.200. The number of para-hydroxylation sites is 1. The summed E-state index contributed by atoms with van der Waals surface area (Å²) in [6.07, 6.45) is 1.71. The maximum Gasteiger partial charge on any atom is 0.268 e. The van der Waals surface area contributed by atoms with Gasteiger partial charge in [0.15, 0.2) is 9.84 Å². The number of fused-ring (bicyclic) bond motifs is 3. The smallest absolute Gasteiger partial charge is 0.236 e. The van der Waals surface area contributed by atoms with Gasteiger partial charge in [-0.15, -0.1) is 0 Å². The Bertz CT molecular complexity index is 1520. The van der Waals surface area contributed by atoms with Gasteiger partial charge in [0.2, 0.25) is 0 Å². The molecule has 0 fully saturated rings. The minimum absolute atomic E-state index is 0.146. The van der Waals surface area contributed by atoms with Crippen LogP contribution in [0.3, 0.4) is 0 Å². The molecule has 0 bridgehead atoms. The van der Waals surface area contributed by atoms with E-state index in [4.69, 9.17) is 0 Å². The largest absolute Gasteiger partial charge is 0.268 e. The van der Waals surface area contributed by atoms with Gasteiger partial charge in [-0.05, 0) is 62.1 Å². The monoisotopic (exact) mass is 465 g/mol. The summed E-state index contributed by atoms with van der Waals surface area (Å²) in [4.78, 5) is 0.357. The number of hydrogen-bond acceptors (Lipinski definition) is 4. The van der Waals surface area contributed by atoms with Crippen LogP contribution in [0.15, 0.2) is 88.7 Å². The fourth-order valence-electron chi connectivity index (χ4n) is 4.64. The van der Waals surface area contributed by atoms with Crippen molar-refractivity contribution in [3.63, 3.8) is 0 Å². The summed E-state index contributed by atoms with van der Waals surface area (Å²) in [5, 5.41) is -0.132. The summed E-state index contributed by atoms with van der Waals surface area (Å²) < 4.78 is 56.4. The molecule has 1 atom stereocenters. The molecular formula is C25H23NO4S2. The minimum Gasteiger partial charge on any atom is -0.236 e. The van der Waals surface area contributed by atoms with Gasteiger partial charge in [0.05, 0.1) is 21.0 Å². The summed E-state index contributed by atoms with van der Waals surface area (Å²) in [6.45, 7) is 1.89. The van der Waals surface area contributed by atoms with E-state index >= 15 is 0 Å². The highest BCUT2D eigenvalue weighted by Gasteiger charge is 2.40. The van der Waals surface area contributed by atoms with Crippen LogP contribution in [0.2, 0.25) is 0 Å². The van der Waals surface area contributed by atoms with Crippen molar-refractivity contribution in [2.45, 2.75) is 41.2 Å². The first-order chi connectivity index (χ1) is 15.3. The number of aromatic nitrogens is 1. The molecule has 1 heterocycles. The molecule has 0 saturated carbocycles. The van der Waals surface area contributed by atoms with E-state index in [-0.39, 0.29) is 9.79 Å². The standard InChI is InChI=1S/C25H23NO4S2/c1-18-14-16-20(17-15-18)32(29,30)26-23-12-6-5-10-21(23)22-11-7-13-24(25(22)26)31(27,28)19-8-3-2-4-9-19/h2-6,8-10,12,14-17,24H,7,11,13H2,1H3. The number of nitrogens with zero attached hydrogens (tertiary/aromatic N) is 1. The summed E-state index contributed by atoms with van der Waals surface area (Å²) in [5.41, 5.74) is 2.66. The van der Waals surface area contributed by atoms with E-state index in [0.717, 1.165) is 16.5 Å². The molecule has 0 amide bonds. The van der Waals surface area contributed by atoms with E-state index in [1.54, 1.807) is 66.7 Å². The second-order valence-electron chi connectivity index (χ2n) is 8.20. The van der Waals surface area contributed by atoms with Gasteiger partial charge < -0.3 is 0 Å². The molecule has 32 heavy (non-hydrogen) atoms. The van der Waals surface area contributed by atoms with Crippen LogP contribution in [-0.4, -0.2) is 20.8 Å². The van der Waals surface area contributed by atoms with Crippen molar-refractivity contribution in [3.8, 4) is 0 Å². The second-order valence-corrected chi connectivity index (χ2v) is 12.1. The van der Waals surface area contributed by atoms with Crippen LogP contribution in [0, 0.1) is 6.92 Å². The predicted molar refractivity (Wildman–Crippen MR) is 125 cm³/mol. The molecule has 4 aromatic rings. The van der Waals surface area contributed by atoms with Gasteiger partial charge >= 0.3 is 0 Å². The average molecular weight is 466 g/mol. The van der Waals surface area contributed by atoms with E-state index in [2.05, 4.69) is 0 Å². The maximum atomic E-state index is 13.9. The summed E-state index contributed by atoms with van der Waals surface area (Å²) >= 11 is 0. The quantitative estimate of drug-likeness (QED) is 0.423. The van der Waals surface area contributed by atoms with Crippen LogP contribution in [0.5, 0.6) is 0 Å². The van der Waals surface area contributed by atoms with Crippen LogP contribution in [0.25, 0.3) is 10.9 Å². The van der Waals surface area contributed by atoms with Gasteiger partial charge in [0, 0.05) is 5.39 Å². The lowest BCUT2D eigenvalue weighted by atomic mass is 9.95. The van der Waals surface area contributed by atoms with Crippen LogP contribution in [-0.2, 0) is 26.3 Å². The van der Waals surface area contributed by atoms with E-state index in [1.165, 1.54) is 3.97 Å². The Kier molecular flexibility index (Phi) is 4.98. The Hall–Kier alpha value is -2.90. The second kappa shape index (κ2) is 7.60. The van der Waals surface area contributed by atoms with Crippen molar-refractivity contribution in [1.82, 2.24) is 3.97 Å². The van der Waals surface area contributed by atoms with Crippen molar-refractivity contribution >= 4 is 30.8 Å². The van der Waals surface area contributed by atoms with E-state index in [9.17, 15) is 16.8 Å². The molecule has 5 rings (SSSR count). The van der Waals surface area contributed by atoms with E-state index < -0.39 is 25.1 Å². The highest BCUT2D eigenvalue weighted by molar-refractivity contribution is 7.92. The lowest BCUT2D eigenvalue weighted by Gasteiger charge is -2.25. The summed E-state index contributed by atoms with van der Waals surface area (Å²) in [7, 11) is -7.78. The fourth-order valence-corrected chi connectivity index (χ4v) is 8.19. The predicted octanol–water partition coefficient (Wildman–Crippen LogP) is 5.04. The molecule has 0 aliphatic heterocycles. The number of aryl methyl sites for hydroxylation is 2. The van der Waals surface area contributed by atoms with Crippen molar-refractivity contribution in [2.24, 2.45) is 0 Å². The minimum atomic E-state index is -4.00. The topological polar surface area (TPSA) is 73.2 Å². The summed E-state index contributed by atoms with van der Waals surface area (Å²) in [5.74, 6) is 0. The Morgan fingerprint density at radius 1 is 0.781 bits per heavy atom. The Morgan fingerprint density at radius 3 is 2.16 bits per heavy atom. The third kappa shape index (κ3) is 3.19. The Balaban J connectivity index is 1.83. The van der Waals surface area contributed by atoms with Crippen molar-refractivity contribution in [3.05, 3.63) is 95.7 Å². The molecule has 1 unspecified atom stereocenters. The zero-order valence-corrected chi connectivity index (χ0v) is 19.2. The van der Waals surface area contributed by atoms with Crippen molar-refractivity contribution in [1.29, 1.82) is 0 Å². The molecule has 1 aliphatic carbocycles. The molecule has 1 aliphatic rings. The molecule has 5 nitrogen and oxygen atoms in total. The van der Waals surface area contributed by atoms with Crippen LogP contribution >= 0.6 is 0 Å². The third-order valence-electron chi connectivity index (χ3n) is 6.18. The summed E-state index contributed by atoms with van der Waals surface area (Å²) in [6, 6.07) is 22.2. The zero-order valence-electron chi connectivity index (χ0n) is 17.6. The lowest BCUT2D eigenvalue weighted by molar-refractivity contribution is 0.551. The number of benzene rings is 3. The maximum absolute atomic E-state index is 13.9. The van der Waals surface area contributed by atoms with Gasteiger partial charge in [-0.1, -0.05) is 54.1 Å². The van der Waals surface area contributed by atoms with Gasteiger partial charge in [0.1, 0.15) is 5.25 Å². The molecular weight excluding hydrogens is 442 g/mol. The molecule has 0 N–H and O–H groups in total. The van der Waals surface area contributed by atoms with Gasteiger partial charge in [-0.2, -0.15) is 0 Å². The Morgan fingerprint density at radius 2 is 1.44 bits per heavy atom. The third-order valence-corrected chi connectivity index (χ3v) is 10.1. The van der Waals surface area contributed by atoms with Crippen LogP contribution < -0.4 is 0 Å². The number of hydrogen-bond donors (Lipinski definition) is 0. The van der Waals surface area contributed by atoms with Gasteiger partial charge in [-0.25, -0.2) is 20.8 Å². The van der Waals surface area contributed by atoms with Gasteiger partial charge in [-0.3, -0.25) is 0 Å².